The third-order valence-electron chi connectivity index (χ3n) is 5.39. The van der Waals surface area contributed by atoms with Gasteiger partial charge in [0.1, 0.15) is 18.4 Å². The van der Waals surface area contributed by atoms with Crippen molar-refractivity contribution in [3.63, 3.8) is 0 Å². The highest BCUT2D eigenvalue weighted by Gasteiger charge is 2.27. The summed E-state index contributed by atoms with van der Waals surface area (Å²) in [5.74, 6) is -0.911. The highest BCUT2D eigenvalue weighted by Crippen LogP contribution is 2.09. The first-order valence-corrected chi connectivity index (χ1v) is 11.5. The standard InChI is InChI=1S/C24H36N4O5/c1-18(2)16-21(23(31)25-10-13-29)27-24(32)20(9-8-19-6-4-3-5-7-19)26-22(30)17-28-11-14-33-15-12-28/h3-7,13,18,20-21H,8-12,14-17H2,1-2H3,(H,25,31)(H,26,30)(H,27,32)/t20-,21?/m0/s1. The van der Waals surface area contributed by atoms with Crippen molar-refractivity contribution in [1.29, 1.82) is 0 Å². The number of aryl methyl sites for hydroxylation is 1. The number of hydrogen-bond acceptors (Lipinski definition) is 6. The predicted octanol–water partition coefficient (Wildman–Crippen LogP) is 0.282. The molecular formula is C24H36N4O5. The number of aldehydes is 1. The molecule has 1 heterocycles. The lowest BCUT2D eigenvalue weighted by Crippen LogP contribution is -2.55. The Morgan fingerprint density at radius 1 is 1.03 bits per heavy atom. The maximum absolute atomic E-state index is 13.2. The van der Waals surface area contributed by atoms with E-state index in [0.29, 0.717) is 51.9 Å². The van der Waals surface area contributed by atoms with E-state index in [-0.39, 0.29) is 24.9 Å². The number of ether oxygens (including phenoxy) is 1. The topological polar surface area (TPSA) is 117 Å². The van der Waals surface area contributed by atoms with Gasteiger partial charge in [0.15, 0.2) is 0 Å². The Bertz CT molecular complexity index is 765. The van der Waals surface area contributed by atoms with Gasteiger partial charge in [-0.2, -0.15) is 0 Å². The Labute approximate surface area is 195 Å². The van der Waals surface area contributed by atoms with Gasteiger partial charge in [-0.25, -0.2) is 0 Å². The summed E-state index contributed by atoms with van der Waals surface area (Å²) in [4.78, 5) is 50.9. The van der Waals surface area contributed by atoms with Crippen LogP contribution < -0.4 is 16.0 Å². The fraction of sp³-hybridized carbons (Fsp3) is 0.583. The number of benzene rings is 1. The lowest BCUT2D eigenvalue weighted by molar-refractivity contribution is -0.133. The molecule has 1 saturated heterocycles. The molecule has 0 saturated carbocycles. The Kier molecular flexibility index (Phi) is 11.5. The molecule has 1 aromatic carbocycles. The van der Waals surface area contributed by atoms with Crippen molar-refractivity contribution in [2.45, 2.75) is 45.2 Å². The van der Waals surface area contributed by atoms with Crippen molar-refractivity contribution >= 4 is 24.0 Å². The average molecular weight is 461 g/mol. The van der Waals surface area contributed by atoms with Crippen molar-refractivity contribution in [1.82, 2.24) is 20.9 Å². The minimum absolute atomic E-state index is 0.114. The Morgan fingerprint density at radius 2 is 1.73 bits per heavy atom. The van der Waals surface area contributed by atoms with Gasteiger partial charge in [0, 0.05) is 13.1 Å². The first kappa shape index (κ1) is 26.5. The summed E-state index contributed by atoms with van der Waals surface area (Å²) in [5.41, 5.74) is 1.06. The first-order valence-electron chi connectivity index (χ1n) is 11.5. The summed E-state index contributed by atoms with van der Waals surface area (Å²) in [6, 6.07) is 8.15. The number of nitrogens with zero attached hydrogens (tertiary/aromatic N) is 1. The molecule has 1 fully saturated rings. The van der Waals surface area contributed by atoms with Gasteiger partial charge < -0.3 is 25.5 Å². The fourth-order valence-corrected chi connectivity index (χ4v) is 3.67. The largest absolute Gasteiger partial charge is 0.379 e. The zero-order chi connectivity index (χ0) is 24.1. The summed E-state index contributed by atoms with van der Waals surface area (Å²) in [6.07, 6.45) is 2.02. The lowest BCUT2D eigenvalue weighted by Gasteiger charge is -2.27. The van der Waals surface area contributed by atoms with Crippen LogP contribution in [-0.4, -0.2) is 80.4 Å². The molecule has 0 bridgehead atoms. The van der Waals surface area contributed by atoms with Crippen molar-refractivity contribution in [2.24, 2.45) is 5.92 Å². The summed E-state index contributed by atoms with van der Waals surface area (Å²) in [5, 5.41) is 8.15. The van der Waals surface area contributed by atoms with Gasteiger partial charge in [0.2, 0.25) is 17.7 Å². The second-order valence-electron chi connectivity index (χ2n) is 8.64. The maximum Gasteiger partial charge on any atom is 0.243 e. The fourth-order valence-electron chi connectivity index (χ4n) is 3.67. The first-order chi connectivity index (χ1) is 15.9. The molecule has 0 aromatic heterocycles. The minimum atomic E-state index is -0.785. The van der Waals surface area contributed by atoms with Crippen LogP contribution in [0.2, 0.25) is 0 Å². The number of carbonyl (C=O) groups excluding carboxylic acids is 4. The second-order valence-corrected chi connectivity index (χ2v) is 8.64. The van der Waals surface area contributed by atoms with Gasteiger partial charge in [-0.3, -0.25) is 19.3 Å². The molecule has 182 valence electrons. The molecule has 33 heavy (non-hydrogen) atoms. The summed E-state index contributed by atoms with van der Waals surface area (Å²) >= 11 is 0. The normalized spacial score (nSPS) is 16.0. The van der Waals surface area contributed by atoms with Crippen molar-refractivity contribution in [2.75, 3.05) is 39.4 Å². The molecule has 1 aromatic rings. The molecule has 2 rings (SSSR count). The Morgan fingerprint density at radius 3 is 2.36 bits per heavy atom. The third-order valence-corrected chi connectivity index (χ3v) is 5.39. The van der Waals surface area contributed by atoms with Crippen LogP contribution in [0.3, 0.4) is 0 Å². The van der Waals surface area contributed by atoms with Crippen LogP contribution in [0.25, 0.3) is 0 Å². The summed E-state index contributed by atoms with van der Waals surface area (Å²) in [6.45, 7) is 6.47. The van der Waals surface area contributed by atoms with Crippen LogP contribution in [0.15, 0.2) is 30.3 Å². The molecule has 9 nitrogen and oxygen atoms in total. The maximum atomic E-state index is 13.2. The third kappa shape index (κ3) is 10.1. The summed E-state index contributed by atoms with van der Waals surface area (Å²) < 4.78 is 5.32. The SMILES string of the molecule is CC(C)CC(NC(=O)[C@H](CCc1ccccc1)NC(=O)CN1CCOCC1)C(=O)NCC=O. The molecule has 1 unspecified atom stereocenters. The van der Waals surface area contributed by atoms with E-state index in [1.807, 2.05) is 49.1 Å². The zero-order valence-corrected chi connectivity index (χ0v) is 19.5. The quantitative estimate of drug-likeness (QED) is 0.364. The molecule has 0 aliphatic carbocycles. The number of carbonyl (C=O) groups is 4. The van der Waals surface area contributed by atoms with E-state index in [9.17, 15) is 19.2 Å². The van der Waals surface area contributed by atoms with Gasteiger partial charge in [-0.05, 0) is 30.7 Å². The lowest BCUT2D eigenvalue weighted by atomic mass is 10.0. The van der Waals surface area contributed by atoms with Gasteiger partial charge in [0.05, 0.1) is 26.3 Å². The van der Waals surface area contributed by atoms with E-state index < -0.39 is 23.9 Å². The van der Waals surface area contributed by atoms with E-state index in [4.69, 9.17) is 4.74 Å². The van der Waals surface area contributed by atoms with Gasteiger partial charge >= 0.3 is 0 Å². The number of hydrogen-bond donors (Lipinski definition) is 3. The molecule has 0 radical (unpaired) electrons. The van der Waals surface area contributed by atoms with Crippen molar-refractivity contribution < 1.29 is 23.9 Å². The van der Waals surface area contributed by atoms with Crippen LogP contribution in [-0.2, 0) is 30.3 Å². The van der Waals surface area contributed by atoms with E-state index in [2.05, 4.69) is 16.0 Å². The average Bonchev–Trinajstić information content (AvgIpc) is 2.80. The number of rotatable bonds is 13. The smallest absolute Gasteiger partial charge is 0.243 e. The number of morpholine rings is 1. The molecule has 9 heteroatoms. The van der Waals surface area contributed by atoms with E-state index in [1.165, 1.54) is 0 Å². The highest BCUT2D eigenvalue weighted by atomic mass is 16.5. The van der Waals surface area contributed by atoms with Gasteiger partial charge in [-0.15, -0.1) is 0 Å². The van der Waals surface area contributed by atoms with E-state index >= 15 is 0 Å². The summed E-state index contributed by atoms with van der Waals surface area (Å²) in [7, 11) is 0. The highest BCUT2D eigenvalue weighted by molar-refractivity contribution is 5.92. The Balaban J connectivity index is 2.05. The second kappa shape index (κ2) is 14.4. The van der Waals surface area contributed by atoms with Crippen molar-refractivity contribution in [3.8, 4) is 0 Å². The van der Waals surface area contributed by atoms with Crippen LogP contribution in [0.5, 0.6) is 0 Å². The predicted molar refractivity (Wildman–Crippen MR) is 124 cm³/mol. The molecule has 1 aliphatic rings. The zero-order valence-electron chi connectivity index (χ0n) is 19.5. The molecular weight excluding hydrogens is 424 g/mol. The Hall–Kier alpha value is -2.78. The number of amides is 3. The van der Waals surface area contributed by atoms with Crippen LogP contribution in [0, 0.1) is 5.92 Å². The van der Waals surface area contributed by atoms with Crippen LogP contribution >= 0.6 is 0 Å². The van der Waals surface area contributed by atoms with E-state index in [0.717, 1.165) is 5.56 Å². The number of nitrogens with one attached hydrogen (secondary N) is 3. The van der Waals surface area contributed by atoms with Gasteiger partial charge in [-0.1, -0.05) is 44.2 Å². The molecule has 1 aliphatic heterocycles. The van der Waals surface area contributed by atoms with E-state index in [1.54, 1.807) is 0 Å². The minimum Gasteiger partial charge on any atom is -0.379 e. The van der Waals surface area contributed by atoms with Crippen LogP contribution in [0.4, 0.5) is 0 Å². The van der Waals surface area contributed by atoms with Gasteiger partial charge in [0.25, 0.3) is 0 Å². The molecule has 3 N–H and O–H groups in total. The monoisotopic (exact) mass is 460 g/mol. The molecule has 3 amide bonds. The van der Waals surface area contributed by atoms with Crippen LogP contribution in [0.1, 0.15) is 32.3 Å². The molecule has 2 atom stereocenters. The molecule has 0 spiro atoms. The van der Waals surface area contributed by atoms with Crippen molar-refractivity contribution in [3.05, 3.63) is 35.9 Å².